The van der Waals surface area contributed by atoms with Crippen molar-refractivity contribution >= 4 is 23.3 Å². The average Bonchev–Trinajstić information content (AvgIpc) is 2.61. The summed E-state index contributed by atoms with van der Waals surface area (Å²) in [5.74, 6) is -2.27. The predicted octanol–water partition coefficient (Wildman–Crippen LogP) is 2.69. The van der Waals surface area contributed by atoms with E-state index in [1.54, 1.807) is 18.9 Å². The van der Waals surface area contributed by atoms with Gasteiger partial charge in [-0.05, 0) is 38.2 Å². The van der Waals surface area contributed by atoms with Crippen molar-refractivity contribution in [1.82, 2.24) is 10.2 Å². The van der Waals surface area contributed by atoms with Gasteiger partial charge in [0.05, 0.1) is 36.4 Å². The molecule has 0 bridgehead atoms. The summed E-state index contributed by atoms with van der Waals surface area (Å²) in [4.78, 5) is 14.5. The zero-order valence-electron chi connectivity index (χ0n) is 16.3. The third-order valence-corrected chi connectivity index (χ3v) is 4.72. The molecule has 6 nitrogen and oxygen atoms in total. The van der Waals surface area contributed by atoms with Crippen LogP contribution in [0.5, 0.6) is 0 Å². The Morgan fingerprint density at radius 3 is 2.46 bits per heavy atom. The quantitative estimate of drug-likeness (QED) is 0.399. The zero-order valence-corrected chi connectivity index (χ0v) is 17.1. The lowest BCUT2D eigenvalue weighted by molar-refractivity contribution is -0.140. The molecule has 0 aromatic heterocycles. The smallest absolute Gasteiger partial charge is 0.338 e. The number of hydrogen-bond donors (Lipinski definition) is 1. The van der Waals surface area contributed by atoms with E-state index < -0.39 is 23.6 Å². The maximum Gasteiger partial charge on any atom is 0.338 e. The molecule has 0 fully saturated rings. The first kappa shape index (κ1) is 22.2. The molecule has 0 saturated carbocycles. The van der Waals surface area contributed by atoms with E-state index in [0.717, 1.165) is 12.1 Å². The molecular formula is C19H24F2N2O4S. The van der Waals surface area contributed by atoms with Crippen molar-refractivity contribution in [3.8, 4) is 0 Å². The van der Waals surface area contributed by atoms with Gasteiger partial charge < -0.3 is 24.4 Å². The first-order chi connectivity index (χ1) is 13.3. The van der Waals surface area contributed by atoms with Crippen LogP contribution in [0.25, 0.3) is 0 Å². The fourth-order valence-electron chi connectivity index (χ4n) is 3.17. The summed E-state index contributed by atoms with van der Waals surface area (Å²) >= 11 is 5.41. The molecule has 0 amide bonds. The van der Waals surface area contributed by atoms with E-state index in [2.05, 4.69) is 5.32 Å². The van der Waals surface area contributed by atoms with Crippen molar-refractivity contribution in [1.29, 1.82) is 0 Å². The van der Waals surface area contributed by atoms with E-state index in [1.165, 1.54) is 13.2 Å². The van der Waals surface area contributed by atoms with Crippen molar-refractivity contribution in [3.05, 3.63) is 46.7 Å². The van der Waals surface area contributed by atoms with Crippen LogP contribution in [0, 0.1) is 11.6 Å². The zero-order chi connectivity index (χ0) is 20.8. The highest BCUT2D eigenvalue weighted by Gasteiger charge is 2.38. The normalized spacial score (nSPS) is 18.1. The largest absolute Gasteiger partial charge is 0.460 e. The molecule has 28 heavy (non-hydrogen) atoms. The number of carbonyl (C=O) groups excluding carboxylic acids is 1. The van der Waals surface area contributed by atoms with Gasteiger partial charge in [0.1, 0.15) is 18.2 Å². The lowest BCUT2D eigenvalue weighted by atomic mass is 9.93. The molecule has 2 rings (SSSR count). The highest BCUT2D eigenvalue weighted by atomic mass is 32.1. The Labute approximate surface area is 168 Å². The van der Waals surface area contributed by atoms with Gasteiger partial charge in [-0.15, -0.1) is 0 Å². The number of benzene rings is 1. The maximum absolute atomic E-state index is 14.5. The number of halogens is 2. The Hall–Kier alpha value is -2.10. The molecule has 1 heterocycles. The van der Waals surface area contributed by atoms with Crippen molar-refractivity contribution in [2.45, 2.75) is 25.9 Å². The Kier molecular flexibility index (Phi) is 7.85. The van der Waals surface area contributed by atoms with Crippen molar-refractivity contribution in [2.24, 2.45) is 0 Å². The Balaban J connectivity index is 2.54. The van der Waals surface area contributed by atoms with Crippen LogP contribution in [0.15, 0.2) is 29.5 Å². The third kappa shape index (κ3) is 4.65. The molecule has 2 atom stereocenters. The molecule has 0 aliphatic carbocycles. The highest BCUT2D eigenvalue weighted by Crippen LogP contribution is 2.34. The van der Waals surface area contributed by atoms with Crippen LogP contribution in [0.2, 0.25) is 0 Å². The van der Waals surface area contributed by atoms with Crippen LogP contribution in [-0.2, 0) is 19.0 Å². The summed E-state index contributed by atoms with van der Waals surface area (Å²) in [5, 5.41) is 3.13. The van der Waals surface area contributed by atoms with Crippen LogP contribution in [0.3, 0.4) is 0 Å². The standard InChI is InChI=1S/C19H24F2N2O4S/c1-11(10-26-4)23-12(2)15(18(24)27-9-8-25-3)17(22-19(23)28)16-13(20)6-5-7-14(16)21/h5-7,11,17H,8-10H2,1-4H3,(H,22,28)/t11-,17-/m0/s1. The van der Waals surface area contributed by atoms with Gasteiger partial charge in [0.2, 0.25) is 0 Å². The number of carbonyl (C=O) groups is 1. The second-order valence-electron chi connectivity index (χ2n) is 6.32. The van der Waals surface area contributed by atoms with E-state index >= 15 is 0 Å². The van der Waals surface area contributed by atoms with Gasteiger partial charge in [-0.3, -0.25) is 0 Å². The molecule has 9 heteroatoms. The monoisotopic (exact) mass is 414 g/mol. The summed E-state index contributed by atoms with van der Waals surface area (Å²) in [5.41, 5.74) is 0.238. The molecule has 1 aromatic rings. The van der Waals surface area contributed by atoms with Gasteiger partial charge in [-0.1, -0.05) is 6.07 Å². The number of ether oxygens (including phenoxy) is 3. The second kappa shape index (κ2) is 9.90. The van der Waals surface area contributed by atoms with Crippen LogP contribution in [-0.4, -0.2) is 56.1 Å². The molecule has 0 unspecified atom stereocenters. The van der Waals surface area contributed by atoms with E-state index in [-0.39, 0.29) is 35.5 Å². The minimum Gasteiger partial charge on any atom is -0.460 e. The number of allylic oxidation sites excluding steroid dienone is 1. The number of hydrogen-bond acceptors (Lipinski definition) is 5. The molecular weight excluding hydrogens is 390 g/mol. The number of rotatable bonds is 8. The Morgan fingerprint density at radius 2 is 1.89 bits per heavy atom. The van der Waals surface area contributed by atoms with E-state index in [4.69, 9.17) is 26.4 Å². The molecule has 0 saturated heterocycles. The first-order valence-corrected chi connectivity index (χ1v) is 9.13. The van der Waals surface area contributed by atoms with E-state index in [0.29, 0.717) is 12.3 Å². The molecule has 1 aromatic carbocycles. The molecule has 0 spiro atoms. The molecule has 1 N–H and O–H groups in total. The van der Waals surface area contributed by atoms with Crippen LogP contribution in [0.4, 0.5) is 8.78 Å². The maximum atomic E-state index is 14.5. The number of esters is 1. The number of methoxy groups -OCH3 is 2. The van der Waals surface area contributed by atoms with E-state index in [1.807, 2.05) is 6.92 Å². The third-order valence-electron chi connectivity index (χ3n) is 4.40. The highest BCUT2D eigenvalue weighted by molar-refractivity contribution is 7.80. The van der Waals surface area contributed by atoms with Gasteiger partial charge in [0.25, 0.3) is 0 Å². The molecule has 154 valence electrons. The lowest BCUT2D eigenvalue weighted by Gasteiger charge is -2.40. The van der Waals surface area contributed by atoms with Crippen LogP contribution < -0.4 is 5.32 Å². The SMILES string of the molecule is COCCOC(=O)C1=C(C)N([C@@H](C)COC)C(=S)N[C@@H]1c1c(F)cccc1F. The molecule has 0 radical (unpaired) electrons. The Morgan fingerprint density at radius 1 is 1.25 bits per heavy atom. The van der Waals surface area contributed by atoms with Crippen molar-refractivity contribution in [2.75, 3.05) is 34.0 Å². The summed E-state index contributed by atoms with van der Waals surface area (Å²) in [6.45, 7) is 4.07. The fraction of sp³-hybridized carbons (Fsp3) is 0.474. The molecule has 1 aliphatic rings. The molecule has 1 aliphatic heterocycles. The minimum atomic E-state index is -1.12. The van der Waals surface area contributed by atoms with Crippen molar-refractivity contribution in [3.63, 3.8) is 0 Å². The lowest BCUT2D eigenvalue weighted by Crippen LogP contribution is -2.52. The average molecular weight is 414 g/mol. The fourth-order valence-corrected chi connectivity index (χ4v) is 3.60. The van der Waals surface area contributed by atoms with Gasteiger partial charge in [0, 0.05) is 19.9 Å². The predicted molar refractivity (Wildman–Crippen MR) is 104 cm³/mol. The number of nitrogens with zero attached hydrogens (tertiary/aromatic N) is 1. The van der Waals surface area contributed by atoms with Crippen LogP contribution in [0.1, 0.15) is 25.5 Å². The summed E-state index contributed by atoms with van der Waals surface area (Å²) in [6.07, 6.45) is 0. The van der Waals surface area contributed by atoms with Gasteiger partial charge >= 0.3 is 5.97 Å². The van der Waals surface area contributed by atoms with Gasteiger partial charge in [-0.25, -0.2) is 13.6 Å². The first-order valence-electron chi connectivity index (χ1n) is 8.72. The summed E-state index contributed by atoms with van der Waals surface area (Å²) < 4.78 is 44.2. The Bertz CT molecular complexity index is 752. The second-order valence-corrected chi connectivity index (χ2v) is 6.71. The summed E-state index contributed by atoms with van der Waals surface area (Å²) in [6, 6.07) is 2.20. The minimum absolute atomic E-state index is 0.0106. The van der Waals surface area contributed by atoms with Crippen LogP contribution >= 0.6 is 12.2 Å². The van der Waals surface area contributed by atoms with Crippen molar-refractivity contribution < 1.29 is 27.8 Å². The van der Waals surface area contributed by atoms with Gasteiger partial charge in [0.15, 0.2) is 5.11 Å². The van der Waals surface area contributed by atoms with Gasteiger partial charge in [-0.2, -0.15) is 0 Å². The summed E-state index contributed by atoms with van der Waals surface area (Å²) in [7, 11) is 3.03. The van der Waals surface area contributed by atoms with E-state index in [9.17, 15) is 13.6 Å². The topological polar surface area (TPSA) is 60.0 Å². The number of thiocarbonyl (C=S) groups is 1. The number of nitrogens with one attached hydrogen (secondary N) is 1.